The van der Waals surface area contributed by atoms with Crippen molar-refractivity contribution in [2.24, 2.45) is 0 Å². The number of hydrogen-bond acceptors (Lipinski definition) is 4. The SMILES string of the molecule is CN(CCOc1cccc(B(O)O)c1)c1ccccc1F. The summed E-state index contributed by atoms with van der Waals surface area (Å²) in [4.78, 5) is 1.76. The second-order valence-corrected chi connectivity index (χ2v) is 4.67. The van der Waals surface area contributed by atoms with Gasteiger partial charge in [-0.05, 0) is 29.7 Å². The van der Waals surface area contributed by atoms with E-state index in [1.54, 1.807) is 54.4 Å². The van der Waals surface area contributed by atoms with Crippen molar-refractivity contribution < 1.29 is 19.2 Å². The summed E-state index contributed by atoms with van der Waals surface area (Å²) < 4.78 is 19.1. The first-order chi connectivity index (χ1) is 10.1. The average Bonchev–Trinajstić information content (AvgIpc) is 2.48. The van der Waals surface area contributed by atoms with Gasteiger partial charge in [-0.15, -0.1) is 0 Å². The van der Waals surface area contributed by atoms with Gasteiger partial charge < -0.3 is 19.7 Å². The number of benzene rings is 2. The van der Waals surface area contributed by atoms with Crippen molar-refractivity contribution in [1.82, 2.24) is 0 Å². The summed E-state index contributed by atoms with van der Waals surface area (Å²) in [6.07, 6.45) is 0. The molecule has 0 radical (unpaired) electrons. The zero-order chi connectivity index (χ0) is 15.2. The fraction of sp³-hybridized carbons (Fsp3) is 0.200. The molecule has 0 heterocycles. The van der Waals surface area contributed by atoms with E-state index in [9.17, 15) is 4.39 Å². The van der Waals surface area contributed by atoms with Crippen LogP contribution in [0.4, 0.5) is 10.1 Å². The summed E-state index contributed by atoms with van der Waals surface area (Å²) in [6, 6.07) is 13.1. The van der Waals surface area contributed by atoms with Crippen LogP contribution in [-0.4, -0.2) is 37.4 Å². The highest BCUT2D eigenvalue weighted by atomic mass is 19.1. The van der Waals surface area contributed by atoms with E-state index in [2.05, 4.69) is 0 Å². The summed E-state index contributed by atoms with van der Waals surface area (Å²) in [6.45, 7) is 0.864. The minimum Gasteiger partial charge on any atom is -0.492 e. The van der Waals surface area contributed by atoms with Crippen LogP contribution in [-0.2, 0) is 0 Å². The second-order valence-electron chi connectivity index (χ2n) is 4.67. The van der Waals surface area contributed by atoms with Crippen molar-refractivity contribution in [1.29, 1.82) is 0 Å². The molecule has 0 bridgehead atoms. The van der Waals surface area contributed by atoms with Gasteiger partial charge in [0.25, 0.3) is 0 Å². The summed E-state index contributed by atoms with van der Waals surface area (Å²) in [5.41, 5.74) is 0.885. The Morgan fingerprint density at radius 3 is 2.62 bits per heavy atom. The Labute approximate surface area is 123 Å². The van der Waals surface area contributed by atoms with Crippen LogP contribution in [0, 0.1) is 5.82 Å². The molecule has 0 saturated carbocycles. The molecular formula is C15H17BFNO3. The van der Waals surface area contributed by atoms with E-state index in [4.69, 9.17) is 14.8 Å². The molecule has 0 aliphatic carbocycles. The molecule has 0 fully saturated rings. The molecule has 21 heavy (non-hydrogen) atoms. The van der Waals surface area contributed by atoms with Crippen LogP contribution in [0.25, 0.3) is 0 Å². The summed E-state index contributed by atoms with van der Waals surface area (Å²) in [7, 11) is 0.269. The second kappa shape index (κ2) is 7.10. The number of anilines is 1. The van der Waals surface area contributed by atoms with Gasteiger partial charge in [0, 0.05) is 7.05 Å². The predicted octanol–water partition coefficient (Wildman–Crippen LogP) is 1.02. The molecule has 2 aromatic carbocycles. The lowest BCUT2D eigenvalue weighted by atomic mass is 9.80. The molecule has 2 N–H and O–H groups in total. The van der Waals surface area contributed by atoms with Gasteiger partial charge in [-0.3, -0.25) is 0 Å². The van der Waals surface area contributed by atoms with Crippen molar-refractivity contribution in [3.8, 4) is 5.75 Å². The molecular weight excluding hydrogens is 272 g/mol. The molecule has 0 aliphatic heterocycles. The fourth-order valence-electron chi connectivity index (χ4n) is 1.95. The topological polar surface area (TPSA) is 52.9 Å². The summed E-state index contributed by atoms with van der Waals surface area (Å²) in [5, 5.41) is 18.2. The summed E-state index contributed by atoms with van der Waals surface area (Å²) >= 11 is 0. The van der Waals surface area contributed by atoms with Crippen LogP contribution in [0.15, 0.2) is 48.5 Å². The highest BCUT2D eigenvalue weighted by molar-refractivity contribution is 6.58. The van der Waals surface area contributed by atoms with Crippen LogP contribution >= 0.6 is 0 Å². The van der Waals surface area contributed by atoms with Gasteiger partial charge in [-0.1, -0.05) is 24.3 Å². The Balaban J connectivity index is 1.90. The molecule has 0 aliphatic rings. The van der Waals surface area contributed by atoms with Gasteiger partial charge in [0.1, 0.15) is 18.2 Å². The first-order valence-corrected chi connectivity index (χ1v) is 6.62. The van der Waals surface area contributed by atoms with E-state index < -0.39 is 7.12 Å². The first-order valence-electron chi connectivity index (χ1n) is 6.62. The quantitative estimate of drug-likeness (QED) is 0.780. The molecule has 6 heteroatoms. The normalized spacial score (nSPS) is 10.3. The molecule has 0 aromatic heterocycles. The van der Waals surface area contributed by atoms with Gasteiger partial charge in [0.15, 0.2) is 0 Å². The maximum atomic E-state index is 13.6. The Bertz CT molecular complexity index is 595. The van der Waals surface area contributed by atoms with Crippen molar-refractivity contribution in [3.05, 3.63) is 54.3 Å². The van der Waals surface area contributed by atoms with E-state index >= 15 is 0 Å². The molecule has 0 amide bonds. The third kappa shape index (κ3) is 4.21. The van der Waals surface area contributed by atoms with Gasteiger partial charge in [0.2, 0.25) is 0 Å². The molecule has 0 unspecified atom stereocenters. The zero-order valence-corrected chi connectivity index (χ0v) is 11.7. The van der Waals surface area contributed by atoms with Crippen molar-refractivity contribution in [2.45, 2.75) is 0 Å². The third-order valence-corrected chi connectivity index (χ3v) is 3.12. The van der Waals surface area contributed by atoms with Crippen molar-refractivity contribution in [2.75, 3.05) is 25.1 Å². The highest BCUT2D eigenvalue weighted by Gasteiger charge is 2.11. The minimum atomic E-state index is -1.52. The Kier molecular flexibility index (Phi) is 5.19. The molecule has 110 valence electrons. The van der Waals surface area contributed by atoms with Crippen LogP contribution in [0.1, 0.15) is 0 Å². The lowest BCUT2D eigenvalue weighted by Crippen LogP contribution is -2.30. The fourth-order valence-corrected chi connectivity index (χ4v) is 1.95. The van der Waals surface area contributed by atoms with Crippen LogP contribution in [0.3, 0.4) is 0 Å². The first kappa shape index (κ1) is 15.3. The van der Waals surface area contributed by atoms with Crippen LogP contribution in [0.5, 0.6) is 5.75 Å². The van der Waals surface area contributed by atoms with Crippen molar-refractivity contribution in [3.63, 3.8) is 0 Å². The zero-order valence-electron chi connectivity index (χ0n) is 11.7. The number of likely N-dealkylation sites (N-methyl/N-ethyl adjacent to an activating group) is 1. The van der Waals surface area contributed by atoms with E-state index in [0.29, 0.717) is 30.1 Å². The number of halogens is 1. The summed E-state index contributed by atoms with van der Waals surface area (Å²) in [5.74, 6) is 0.271. The van der Waals surface area contributed by atoms with Crippen LogP contribution < -0.4 is 15.1 Å². The van der Waals surface area contributed by atoms with E-state index in [-0.39, 0.29) is 5.82 Å². The Hall–Kier alpha value is -2.05. The number of nitrogens with zero attached hydrogens (tertiary/aromatic N) is 1. The number of hydrogen-bond donors (Lipinski definition) is 2. The third-order valence-electron chi connectivity index (χ3n) is 3.12. The van der Waals surface area contributed by atoms with Crippen LogP contribution in [0.2, 0.25) is 0 Å². The minimum absolute atomic E-state index is 0.273. The molecule has 0 saturated heterocycles. The molecule has 4 nitrogen and oxygen atoms in total. The predicted molar refractivity (Wildman–Crippen MR) is 81.4 cm³/mol. The van der Waals surface area contributed by atoms with Gasteiger partial charge in [-0.25, -0.2) is 4.39 Å². The maximum absolute atomic E-state index is 13.6. The Morgan fingerprint density at radius 2 is 1.90 bits per heavy atom. The lowest BCUT2D eigenvalue weighted by Gasteiger charge is -2.20. The van der Waals surface area contributed by atoms with E-state index in [1.165, 1.54) is 6.07 Å². The van der Waals surface area contributed by atoms with E-state index in [1.807, 2.05) is 0 Å². The molecule has 2 aromatic rings. The molecule has 0 spiro atoms. The lowest BCUT2D eigenvalue weighted by molar-refractivity contribution is 0.325. The molecule has 2 rings (SSSR count). The number of rotatable bonds is 6. The van der Waals surface area contributed by atoms with Gasteiger partial charge in [0.05, 0.1) is 12.2 Å². The van der Waals surface area contributed by atoms with Crippen molar-refractivity contribution >= 4 is 18.3 Å². The van der Waals surface area contributed by atoms with Gasteiger partial charge in [-0.2, -0.15) is 0 Å². The molecule has 0 atom stereocenters. The maximum Gasteiger partial charge on any atom is 0.488 e. The smallest absolute Gasteiger partial charge is 0.488 e. The number of ether oxygens (including phenoxy) is 1. The number of para-hydroxylation sites is 1. The van der Waals surface area contributed by atoms with E-state index in [0.717, 1.165) is 0 Å². The Morgan fingerprint density at radius 1 is 1.14 bits per heavy atom. The van der Waals surface area contributed by atoms with Gasteiger partial charge >= 0.3 is 7.12 Å². The average molecular weight is 289 g/mol. The monoisotopic (exact) mass is 289 g/mol. The standard InChI is InChI=1S/C15H17BFNO3/c1-18(15-8-3-2-7-14(15)17)9-10-21-13-6-4-5-12(11-13)16(19)20/h2-8,11,19-20H,9-10H2,1H3. The highest BCUT2D eigenvalue weighted by Crippen LogP contribution is 2.16. The largest absolute Gasteiger partial charge is 0.492 e.